The number of rotatable bonds is 5. The summed E-state index contributed by atoms with van der Waals surface area (Å²) in [5.41, 5.74) is 7.52. The number of hydrogen-bond acceptors (Lipinski definition) is 8. The predicted octanol–water partition coefficient (Wildman–Crippen LogP) is 3.01. The number of carbonyl (C=O) groups is 1. The molecule has 5 rings (SSSR count). The zero-order valence-electron chi connectivity index (χ0n) is 18.3. The van der Waals surface area contributed by atoms with Gasteiger partial charge in [-0.3, -0.25) is 9.69 Å². The molecule has 1 amide bonds. The molecule has 9 nitrogen and oxygen atoms in total. The molecule has 168 valence electrons. The van der Waals surface area contributed by atoms with E-state index in [0.29, 0.717) is 49.1 Å². The quantitative estimate of drug-likeness (QED) is 0.649. The smallest absolute Gasteiger partial charge is 0.238 e. The molecule has 0 atom stereocenters. The zero-order chi connectivity index (χ0) is 22.1. The van der Waals surface area contributed by atoms with Crippen molar-refractivity contribution in [3.05, 3.63) is 36.4 Å². The second-order valence-electron chi connectivity index (χ2n) is 8.67. The second kappa shape index (κ2) is 8.38. The Labute approximate surface area is 186 Å². The Morgan fingerprint density at radius 3 is 2.53 bits per heavy atom. The molecule has 0 aliphatic carbocycles. The van der Waals surface area contributed by atoms with Gasteiger partial charge in [0.05, 0.1) is 17.5 Å². The Hall–Kier alpha value is -3.20. The van der Waals surface area contributed by atoms with Gasteiger partial charge in [-0.2, -0.15) is 0 Å². The first-order chi connectivity index (χ1) is 15.6. The predicted molar refractivity (Wildman–Crippen MR) is 119 cm³/mol. The minimum Gasteiger partial charge on any atom is -0.463 e. The number of aromatic nitrogens is 3. The van der Waals surface area contributed by atoms with Crippen LogP contribution in [-0.4, -0.2) is 57.6 Å². The maximum absolute atomic E-state index is 12.5. The Morgan fingerprint density at radius 2 is 1.91 bits per heavy atom. The van der Waals surface area contributed by atoms with E-state index in [0.717, 1.165) is 37.2 Å². The van der Waals surface area contributed by atoms with Crippen molar-refractivity contribution in [1.29, 1.82) is 0 Å². The van der Waals surface area contributed by atoms with E-state index in [-0.39, 0.29) is 5.91 Å². The summed E-state index contributed by atoms with van der Waals surface area (Å²) < 4.78 is 11.1. The van der Waals surface area contributed by atoms with Crippen LogP contribution in [0.25, 0.3) is 22.8 Å². The number of piperidine rings is 2. The number of carbonyl (C=O) groups excluding carboxylic acids is 1. The van der Waals surface area contributed by atoms with Gasteiger partial charge in [0.1, 0.15) is 11.2 Å². The lowest BCUT2D eigenvalue weighted by Gasteiger charge is -2.48. The van der Waals surface area contributed by atoms with Crippen LogP contribution in [0.4, 0.5) is 5.95 Å². The monoisotopic (exact) mass is 436 g/mol. The van der Waals surface area contributed by atoms with Gasteiger partial charge >= 0.3 is 0 Å². The lowest BCUT2D eigenvalue weighted by molar-refractivity contribution is -0.132. The molecule has 0 bridgehead atoms. The molecular formula is C23H28N6O3. The third kappa shape index (κ3) is 3.66. The van der Waals surface area contributed by atoms with Gasteiger partial charge in [-0.05, 0) is 57.8 Å². The molecule has 9 heteroatoms. The average molecular weight is 437 g/mol. The zero-order valence-corrected chi connectivity index (χ0v) is 18.3. The lowest BCUT2D eigenvalue weighted by Crippen LogP contribution is -2.63. The summed E-state index contributed by atoms with van der Waals surface area (Å²) in [7, 11) is 0. The van der Waals surface area contributed by atoms with E-state index < -0.39 is 5.54 Å². The molecule has 3 aromatic heterocycles. The molecular weight excluding hydrogens is 408 g/mol. The maximum atomic E-state index is 12.5. The van der Waals surface area contributed by atoms with E-state index in [9.17, 15) is 4.79 Å². The van der Waals surface area contributed by atoms with Crippen molar-refractivity contribution in [2.24, 2.45) is 5.73 Å². The van der Waals surface area contributed by atoms with Gasteiger partial charge < -0.3 is 19.6 Å². The van der Waals surface area contributed by atoms with Crippen LogP contribution in [0.1, 0.15) is 37.8 Å². The summed E-state index contributed by atoms with van der Waals surface area (Å²) in [6.45, 7) is 5.08. The Kier molecular flexibility index (Phi) is 5.42. The standard InChI is InChI=1S/C23H28N6O3/c1-16-14-19(32-27-16)17-15-25-22(26-20(17)18-6-5-13-31-18)28-11-7-23(8-12-28,21(24)30)29-9-3-2-4-10-29/h5-6,13-15H,2-4,7-12H2,1H3,(H2,24,30). The summed E-state index contributed by atoms with van der Waals surface area (Å²) in [5.74, 6) is 1.62. The molecule has 2 aliphatic heterocycles. The number of amides is 1. The van der Waals surface area contributed by atoms with Crippen LogP contribution in [0, 0.1) is 6.92 Å². The molecule has 3 aromatic rings. The molecule has 0 saturated carbocycles. The maximum Gasteiger partial charge on any atom is 0.238 e. The van der Waals surface area contributed by atoms with Crippen molar-refractivity contribution in [3.63, 3.8) is 0 Å². The van der Waals surface area contributed by atoms with Crippen LogP contribution in [0.15, 0.2) is 39.6 Å². The van der Waals surface area contributed by atoms with Gasteiger partial charge in [0.25, 0.3) is 0 Å². The van der Waals surface area contributed by atoms with E-state index >= 15 is 0 Å². The number of anilines is 1. The van der Waals surface area contributed by atoms with E-state index in [4.69, 9.17) is 19.7 Å². The molecule has 0 unspecified atom stereocenters. The first-order valence-corrected chi connectivity index (χ1v) is 11.2. The fraction of sp³-hybridized carbons (Fsp3) is 0.478. The number of aryl methyl sites for hydroxylation is 1. The highest BCUT2D eigenvalue weighted by molar-refractivity contribution is 5.85. The average Bonchev–Trinajstić information content (AvgIpc) is 3.51. The van der Waals surface area contributed by atoms with E-state index in [1.165, 1.54) is 6.42 Å². The third-order valence-electron chi connectivity index (χ3n) is 6.72. The first-order valence-electron chi connectivity index (χ1n) is 11.2. The minimum absolute atomic E-state index is 0.215. The number of primary amides is 1. The van der Waals surface area contributed by atoms with Crippen molar-refractivity contribution >= 4 is 11.9 Å². The molecule has 2 fully saturated rings. The number of nitrogens with two attached hydrogens (primary N) is 1. The molecule has 2 N–H and O–H groups in total. The Morgan fingerprint density at radius 1 is 1.12 bits per heavy atom. The van der Waals surface area contributed by atoms with Crippen LogP contribution in [-0.2, 0) is 4.79 Å². The van der Waals surface area contributed by atoms with Crippen LogP contribution >= 0.6 is 0 Å². The van der Waals surface area contributed by atoms with Crippen molar-refractivity contribution in [3.8, 4) is 22.8 Å². The fourth-order valence-electron chi connectivity index (χ4n) is 4.91. The van der Waals surface area contributed by atoms with Gasteiger partial charge in [-0.15, -0.1) is 0 Å². The summed E-state index contributed by atoms with van der Waals surface area (Å²) in [6.07, 6.45) is 8.18. The number of likely N-dealkylation sites (tertiary alicyclic amines) is 1. The van der Waals surface area contributed by atoms with Gasteiger partial charge in [0.2, 0.25) is 11.9 Å². The van der Waals surface area contributed by atoms with E-state index in [1.807, 2.05) is 25.1 Å². The van der Waals surface area contributed by atoms with Crippen molar-refractivity contribution in [1.82, 2.24) is 20.0 Å². The van der Waals surface area contributed by atoms with E-state index in [2.05, 4.69) is 19.9 Å². The molecule has 32 heavy (non-hydrogen) atoms. The summed E-state index contributed by atoms with van der Waals surface area (Å²) in [5, 5.41) is 3.98. The highest BCUT2D eigenvalue weighted by Gasteiger charge is 2.45. The number of furan rings is 1. The third-order valence-corrected chi connectivity index (χ3v) is 6.72. The minimum atomic E-state index is -0.571. The first kappa shape index (κ1) is 20.7. The van der Waals surface area contributed by atoms with Crippen molar-refractivity contribution in [2.75, 3.05) is 31.1 Å². The summed E-state index contributed by atoms with van der Waals surface area (Å²) >= 11 is 0. The molecule has 2 saturated heterocycles. The normalized spacial score (nSPS) is 19.2. The molecule has 0 spiro atoms. The number of hydrogen-bond donors (Lipinski definition) is 1. The van der Waals surface area contributed by atoms with Crippen molar-refractivity contribution < 1.29 is 13.7 Å². The van der Waals surface area contributed by atoms with E-state index in [1.54, 1.807) is 12.5 Å². The summed E-state index contributed by atoms with van der Waals surface area (Å²) in [6, 6.07) is 5.54. The topological polar surface area (TPSA) is 115 Å². The molecule has 0 aromatic carbocycles. The SMILES string of the molecule is Cc1cc(-c2cnc(N3CCC(C(N)=O)(N4CCCCC4)CC3)nc2-c2ccco2)on1. The molecule has 0 radical (unpaired) electrons. The fourth-order valence-corrected chi connectivity index (χ4v) is 4.91. The summed E-state index contributed by atoms with van der Waals surface area (Å²) in [4.78, 5) is 26.4. The highest BCUT2D eigenvalue weighted by Crippen LogP contribution is 2.35. The Bertz CT molecular complexity index is 1080. The number of nitrogens with zero attached hydrogens (tertiary/aromatic N) is 5. The van der Waals surface area contributed by atoms with Crippen LogP contribution in [0.2, 0.25) is 0 Å². The highest BCUT2D eigenvalue weighted by atomic mass is 16.5. The van der Waals surface area contributed by atoms with Crippen LogP contribution in [0.5, 0.6) is 0 Å². The van der Waals surface area contributed by atoms with Crippen LogP contribution < -0.4 is 10.6 Å². The molecule has 5 heterocycles. The van der Waals surface area contributed by atoms with Crippen LogP contribution in [0.3, 0.4) is 0 Å². The van der Waals surface area contributed by atoms with Gasteiger partial charge in [0.15, 0.2) is 11.5 Å². The van der Waals surface area contributed by atoms with Crippen molar-refractivity contribution in [2.45, 2.75) is 44.6 Å². The van der Waals surface area contributed by atoms with Gasteiger partial charge in [0, 0.05) is 25.4 Å². The lowest BCUT2D eigenvalue weighted by atomic mass is 9.83. The second-order valence-corrected chi connectivity index (χ2v) is 8.67. The van der Waals surface area contributed by atoms with Gasteiger partial charge in [-0.1, -0.05) is 11.6 Å². The van der Waals surface area contributed by atoms with Gasteiger partial charge in [-0.25, -0.2) is 9.97 Å². The molecule has 2 aliphatic rings. The Balaban J connectivity index is 1.42. The largest absolute Gasteiger partial charge is 0.463 e.